The largest absolute Gasteiger partial charge is 0.379 e. The molecule has 0 fully saturated rings. The molecule has 2 rings (SSSR count). The van der Waals surface area contributed by atoms with Crippen LogP contribution >= 0.6 is 0 Å². The smallest absolute Gasteiger partial charge is 0.261 e. The number of imide groups is 1. The average Bonchev–Trinajstić information content (AvgIpc) is 3.45. The van der Waals surface area contributed by atoms with Gasteiger partial charge in [-0.25, -0.2) is 0 Å². The molecule has 2 amide bonds. The molecule has 0 saturated heterocycles. The van der Waals surface area contributed by atoms with Crippen molar-refractivity contribution in [2.45, 2.75) is 110 Å². The minimum absolute atomic E-state index is 0.219. The van der Waals surface area contributed by atoms with Crippen LogP contribution in [0.4, 0.5) is 0 Å². The van der Waals surface area contributed by atoms with E-state index in [1.807, 2.05) is 0 Å². The number of benzene rings is 1. The number of amides is 2. The Morgan fingerprint density at radius 2 is 0.589 bits per heavy atom. The van der Waals surface area contributed by atoms with E-state index in [1.165, 1.54) is 101 Å². The van der Waals surface area contributed by atoms with Crippen LogP contribution in [-0.4, -0.2) is 142 Å². The lowest BCUT2D eigenvalue weighted by Crippen LogP contribution is -2.33. The van der Waals surface area contributed by atoms with Crippen molar-refractivity contribution in [1.82, 2.24) is 4.90 Å². The summed E-state index contributed by atoms with van der Waals surface area (Å²) in [5.41, 5.74) is 0.894. The van der Waals surface area contributed by atoms with Gasteiger partial charge in [0.2, 0.25) is 0 Å². The molecule has 1 aliphatic rings. The highest BCUT2D eigenvalue weighted by Gasteiger charge is 2.34. The summed E-state index contributed by atoms with van der Waals surface area (Å²) in [6.07, 6.45) is 22.1. The maximum atomic E-state index is 12.3. The van der Waals surface area contributed by atoms with Crippen molar-refractivity contribution in [3.63, 3.8) is 0 Å². The summed E-state index contributed by atoms with van der Waals surface area (Å²) in [6.45, 7) is 11.6. The Kier molecular flexibility index (Phi) is 34.5. The molecule has 12 nitrogen and oxygen atoms in total. The summed E-state index contributed by atoms with van der Waals surface area (Å²) in [5, 5.41) is 0. The quantitative estimate of drug-likeness (QED) is 0.0478. The lowest BCUT2D eigenvalue weighted by Gasteiger charge is -2.13. The Morgan fingerprint density at radius 1 is 0.339 bits per heavy atom. The van der Waals surface area contributed by atoms with Crippen LogP contribution in [0.25, 0.3) is 0 Å². The third kappa shape index (κ3) is 27.6. The molecule has 0 aromatic heterocycles. The molecule has 56 heavy (non-hydrogen) atoms. The zero-order valence-electron chi connectivity index (χ0n) is 35.0. The number of nitrogens with zero attached hydrogens (tertiary/aromatic N) is 1. The standard InChI is InChI=1S/C44H77NO11/c1-2-3-4-5-6-7-8-9-10-11-12-13-14-15-16-19-23-48-25-27-50-29-31-52-33-35-54-37-39-56-40-38-55-36-34-53-32-30-51-28-26-49-24-22-45-43(46)41-20-17-18-21-42(41)44(45)47/h17-18,20-21H,2-16,19,22-40H2,1H3. The fourth-order valence-electron chi connectivity index (χ4n) is 6.21. The average molecular weight is 796 g/mol. The van der Waals surface area contributed by atoms with E-state index < -0.39 is 0 Å². The van der Waals surface area contributed by atoms with Crippen LogP contribution in [-0.2, 0) is 42.6 Å². The Hall–Kier alpha value is -2.00. The summed E-state index contributed by atoms with van der Waals surface area (Å²) in [4.78, 5) is 25.9. The number of hydrogen-bond acceptors (Lipinski definition) is 11. The van der Waals surface area contributed by atoms with E-state index in [0.29, 0.717) is 117 Å². The molecule has 1 aromatic rings. The molecule has 1 aromatic carbocycles. The Bertz CT molecular complexity index is 1010. The van der Waals surface area contributed by atoms with E-state index >= 15 is 0 Å². The van der Waals surface area contributed by atoms with Gasteiger partial charge in [0, 0.05) is 6.61 Å². The van der Waals surface area contributed by atoms with Crippen LogP contribution in [0, 0.1) is 0 Å². The summed E-state index contributed by atoms with van der Waals surface area (Å²) >= 11 is 0. The second kappa shape index (κ2) is 38.5. The van der Waals surface area contributed by atoms with Crippen LogP contribution < -0.4 is 0 Å². The highest BCUT2D eigenvalue weighted by atomic mass is 16.6. The number of fused-ring (bicyclic) bond motifs is 1. The van der Waals surface area contributed by atoms with E-state index in [-0.39, 0.29) is 25.0 Å². The van der Waals surface area contributed by atoms with Gasteiger partial charge in [-0.1, -0.05) is 115 Å². The molecule has 0 spiro atoms. The molecule has 0 unspecified atom stereocenters. The number of rotatable bonds is 44. The SMILES string of the molecule is CCCCCCCCCCCCCCCCCCOCCOCCOCCOCCOCCOCCOCCOCCOCCN1C(=O)c2ccccc2C1=O. The van der Waals surface area contributed by atoms with E-state index in [1.54, 1.807) is 24.3 Å². The molecule has 0 saturated carbocycles. The predicted molar refractivity (Wildman–Crippen MR) is 219 cm³/mol. The molecule has 1 heterocycles. The van der Waals surface area contributed by atoms with Crippen molar-refractivity contribution >= 4 is 11.8 Å². The van der Waals surface area contributed by atoms with Gasteiger partial charge >= 0.3 is 0 Å². The first-order valence-corrected chi connectivity index (χ1v) is 21.9. The van der Waals surface area contributed by atoms with Gasteiger partial charge < -0.3 is 42.6 Å². The van der Waals surface area contributed by atoms with Crippen molar-refractivity contribution in [2.24, 2.45) is 0 Å². The molecule has 12 heteroatoms. The van der Waals surface area contributed by atoms with Gasteiger partial charge in [-0.15, -0.1) is 0 Å². The maximum Gasteiger partial charge on any atom is 0.261 e. The van der Waals surface area contributed by atoms with Gasteiger partial charge in [0.15, 0.2) is 0 Å². The lowest BCUT2D eigenvalue weighted by atomic mass is 10.0. The van der Waals surface area contributed by atoms with E-state index in [4.69, 9.17) is 42.6 Å². The summed E-state index contributed by atoms with van der Waals surface area (Å²) < 4.78 is 49.8. The van der Waals surface area contributed by atoms with Crippen LogP contribution in [0.3, 0.4) is 0 Å². The highest BCUT2D eigenvalue weighted by molar-refractivity contribution is 6.21. The maximum absolute atomic E-state index is 12.3. The number of hydrogen-bond donors (Lipinski definition) is 0. The van der Waals surface area contributed by atoms with Gasteiger partial charge in [-0.2, -0.15) is 0 Å². The minimum Gasteiger partial charge on any atom is -0.379 e. The predicted octanol–water partition coefficient (Wildman–Crippen LogP) is 7.69. The zero-order valence-corrected chi connectivity index (χ0v) is 35.0. The first-order chi connectivity index (χ1) is 27.8. The van der Waals surface area contributed by atoms with Crippen molar-refractivity contribution in [3.05, 3.63) is 35.4 Å². The number of carbonyl (C=O) groups is 2. The number of unbranched alkanes of at least 4 members (excludes halogenated alkanes) is 15. The van der Waals surface area contributed by atoms with E-state index in [2.05, 4.69) is 6.92 Å². The topological polar surface area (TPSA) is 120 Å². The van der Waals surface area contributed by atoms with Gasteiger partial charge in [0.1, 0.15) is 0 Å². The Balaban J connectivity index is 1.14. The van der Waals surface area contributed by atoms with E-state index in [0.717, 1.165) is 13.0 Å². The highest BCUT2D eigenvalue weighted by Crippen LogP contribution is 2.22. The molecule has 1 aliphatic heterocycles. The summed E-state index contributed by atoms with van der Waals surface area (Å²) in [6, 6.07) is 6.84. The van der Waals surface area contributed by atoms with Crippen LogP contribution in [0.1, 0.15) is 130 Å². The molecule has 0 atom stereocenters. The Morgan fingerprint density at radius 3 is 0.893 bits per heavy atom. The van der Waals surface area contributed by atoms with Gasteiger partial charge in [-0.05, 0) is 18.6 Å². The minimum atomic E-state index is -0.272. The summed E-state index contributed by atoms with van der Waals surface area (Å²) in [5.74, 6) is -0.545. The monoisotopic (exact) mass is 796 g/mol. The molecular formula is C44H77NO11. The first-order valence-electron chi connectivity index (χ1n) is 21.9. The number of ether oxygens (including phenoxy) is 9. The van der Waals surface area contributed by atoms with Gasteiger partial charge in [0.25, 0.3) is 11.8 Å². The van der Waals surface area contributed by atoms with Crippen LogP contribution in [0.15, 0.2) is 24.3 Å². The number of carbonyl (C=O) groups excluding carboxylic acids is 2. The first kappa shape index (κ1) is 50.1. The second-order valence-electron chi connectivity index (χ2n) is 14.1. The molecular weight excluding hydrogens is 718 g/mol. The van der Waals surface area contributed by atoms with Gasteiger partial charge in [-0.3, -0.25) is 14.5 Å². The van der Waals surface area contributed by atoms with Crippen molar-refractivity contribution in [3.8, 4) is 0 Å². The van der Waals surface area contributed by atoms with E-state index in [9.17, 15) is 9.59 Å². The Labute approximate surface area is 338 Å². The van der Waals surface area contributed by atoms with Crippen LogP contribution in [0.5, 0.6) is 0 Å². The van der Waals surface area contributed by atoms with Crippen LogP contribution in [0.2, 0.25) is 0 Å². The van der Waals surface area contributed by atoms with Crippen molar-refractivity contribution < 1.29 is 52.2 Å². The zero-order chi connectivity index (χ0) is 39.8. The molecule has 0 N–H and O–H groups in total. The van der Waals surface area contributed by atoms with Gasteiger partial charge in [0.05, 0.1) is 130 Å². The normalized spacial score (nSPS) is 12.7. The molecule has 0 radical (unpaired) electrons. The molecule has 0 bridgehead atoms. The molecule has 324 valence electrons. The third-order valence-corrected chi connectivity index (χ3v) is 9.46. The fraction of sp³-hybridized carbons (Fsp3) is 0.818. The fourth-order valence-corrected chi connectivity index (χ4v) is 6.21. The summed E-state index contributed by atoms with van der Waals surface area (Å²) in [7, 11) is 0. The molecule has 0 aliphatic carbocycles. The van der Waals surface area contributed by atoms with Crippen molar-refractivity contribution in [1.29, 1.82) is 0 Å². The lowest BCUT2D eigenvalue weighted by molar-refractivity contribution is -0.0252. The van der Waals surface area contributed by atoms with Crippen molar-refractivity contribution in [2.75, 3.05) is 125 Å². The second-order valence-corrected chi connectivity index (χ2v) is 14.1. The third-order valence-electron chi connectivity index (χ3n) is 9.46.